The zero-order valence-electron chi connectivity index (χ0n) is 18.3. The SMILES string of the molecule is CN=C(NCc1ccc(N2CCCC2=O)cc1)NCC1(N2CCOCC2)CCSC1.I. The molecule has 4 rings (SSSR count). The van der Waals surface area contributed by atoms with Crippen molar-refractivity contribution in [2.75, 3.05) is 62.8 Å². The zero-order chi connectivity index (χ0) is 20.8. The van der Waals surface area contributed by atoms with E-state index in [2.05, 4.69) is 32.7 Å². The van der Waals surface area contributed by atoms with Crippen LogP contribution in [0.1, 0.15) is 24.8 Å². The van der Waals surface area contributed by atoms with E-state index in [-0.39, 0.29) is 35.4 Å². The summed E-state index contributed by atoms with van der Waals surface area (Å²) in [6.45, 7) is 6.12. The van der Waals surface area contributed by atoms with Gasteiger partial charge in [0.25, 0.3) is 0 Å². The first kappa shape index (κ1) is 24.6. The van der Waals surface area contributed by atoms with Gasteiger partial charge in [0.2, 0.25) is 5.91 Å². The minimum Gasteiger partial charge on any atom is -0.379 e. The Morgan fingerprint density at radius 1 is 1.19 bits per heavy atom. The van der Waals surface area contributed by atoms with E-state index in [0.717, 1.165) is 63.2 Å². The van der Waals surface area contributed by atoms with Gasteiger partial charge in [-0.1, -0.05) is 12.1 Å². The van der Waals surface area contributed by atoms with E-state index in [1.807, 2.05) is 35.8 Å². The number of morpholine rings is 1. The highest BCUT2D eigenvalue weighted by molar-refractivity contribution is 14.0. The molecule has 0 aromatic heterocycles. The molecule has 2 N–H and O–H groups in total. The number of nitrogens with zero attached hydrogens (tertiary/aromatic N) is 3. The van der Waals surface area contributed by atoms with E-state index in [9.17, 15) is 4.79 Å². The van der Waals surface area contributed by atoms with E-state index in [1.54, 1.807) is 0 Å². The highest BCUT2D eigenvalue weighted by Crippen LogP contribution is 2.33. The van der Waals surface area contributed by atoms with E-state index in [0.29, 0.717) is 13.0 Å². The van der Waals surface area contributed by atoms with E-state index in [1.165, 1.54) is 17.7 Å². The number of guanidine groups is 1. The second kappa shape index (κ2) is 11.7. The summed E-state index contributed by atoms with van der Waals surface area (Å²) in [5.74, 6) is 3.44. The Bertz CT molecular complexity index is 749. The molecule has 1 amide bonds. The van der Waals surface area contributed by atoms with Crippen LogP contribution in [-0.4, -0.2) is 80.3 Å². The number of aliphatic imine (C=N–C) groups is 1. The van der Waals surface area contributed by atoms with Gasteiger partial charge in [0.15, 0.2) is 5.96 Å². The lowest BCUT2D eigenvalue weighted by Crippen LogP contribution is -2.60. The topological polar surface area (TPSA) is 69.2 Å². The zero-order valence-corrected chi connectivity index (χ0v) is 21.4. The number of hydrogen-bond acceptors (Lipinski definition) is 5. The minimum atomic E-state index is 0. The van der Waals surface area contributed by atoms with E-state index >= 15 is 0 Å². The number of nitrogens with one attached hydrogen (secondary N) is 2. The number of hydrogen-bond donors (Lipinski definition) is 2. The maximum Gasteiger partial charge on any atom is 0.227 e. The predicted octanol–water partition coefficient (Wildman–Crippen LogP) is 2.30. The van der Waals surface area contributed by atoms with Crippen LogP contribution in [0.15, 0.2) is 29.3 Å². The third kappa shape index (κ3) is 6.06. The average molecular weight is 560 g/mol. The van der Waals surface area contributed by atoms with Gasteiger partial charge in [0.1, 0.15) is 0 Å². The van der Waals surface area contributed by atoms with Gasteiger partial charge in [-0.25, -0.2) is 0 Å². The van der Waals surface area contributed by atoms with Crippen molar-refractivity contribution in [1.29, 1.82) is 0 Å². The van der Waals surface area contributed by atoms with E-state index < -0.39 is 0 Å². The van der Waals surface area contributed by atoms with Crippen LogP contribution in [0.5, 0.6) is 0 Å². The smallest absolute Gasteiger partial charge is 0.227 e. The summed E-state index contributed by atoms with van der Waals surface area (Å²) in [7, 11) is 1.82. The lowest BCUT2D eigenvalue weighted by Gasteiger charge is -2.43. The lowest BCUT2D eigenvalue weighted by molar-refractivity contribution is -0.117. The third-order valence-electron chi connectivity index (χ3n) is 6.35. The monoisotopic (exact) mass is 559 g/mol. The fourth-order valence-corrected chi connectivity index (χ4v) is 5.98. The molecule has 1 unspecified atom stereocenters. The number of carbonyl (C=O) groups excluding carboxylic acids is 1. The highest BCUT2D eigenvalue weighted by Gasteiger charge is 2.40. The summed E-state index contributed by atoms with van der Waals surface area (Å²) < 4.78 is 5.56. The van der Waals surface area contributed by atoms with Crippen LogP contribution in [0.3, 0.4) is 0 Å². The molecular formula is C22H34IN5O2S. The Kier molecular flexibility index (Phi) is 9.30. The Morgan fingerprint density at radius 2 is 1.97 bits per heavy atom. The number of halogens is 1. The molecule has 3 aliphatic rings. The maximum atomic E-state index is 11.9. The molecule has 0 spiro atoms. The van der Waals surface area contributed by atoms with Crippen molar-refractivity contribution < 1.29 is 9.53 Å². The minimum absolute atomic E-state index is 0. The molecule has 172 valence electrons. The number of anilines is 1. The van der Waals surface area contributed by atoms with Gasteiger partial charge in [-0.2, -0.15) is 11.8 Å². The fourth-order valence-electron chi connectivity index (χ4n) is 4.50. The van der Waals surface area contributed by atoms with Crippen molar-refractivity contribution in [3.63, 3.8) is 0 Å². The second-order valence-electron chi connectivity index (χ2n) is 8.22. The molecule has 1 atom stereocenters. The van der Waals surface area contributed by atoms with Crippen molar-refractivity contribution >= 4 is 53.3 Å². The summed E-state index contributed by atoms with van der Waals surface area (Å²) in [5, 5.41) is 7.01. The number of amides is 1. The molecule has 3 heterocycles. The van der Waals surface area contributed by atoms with Crippen LogP contribution in [0.2, 0.25) is 0 Å². The van der Waals surface area contributed by atoms with Crippen molar-refractivity contribution in [2.24, 2.45) is 4.99 Å². The van der Waals surface area contributed by atoms with Gasteiger partial charge in [-0.05, 0) is 36.3 Å². The van der Waals surface area contributed by atoms with Crippen LogP contribution >= 0.6 is 35.7 Å². The average Bonchev–Trinajstić information content (AvgIpc) is 3.45. The first-order valence-corrected chi connectivity index (χ1v) is 12.1. The molecule has 0 radical (unpaired) electrons. The summed E-state index contributed by atoms with van der Waals surface area (Å²) in [6, 6.07) is 8.26. The van der Waals surface area contributed by atoms with Gasteiger partial charge >= 0.3 is 0 Å². The third-order valence-corrected chi connectivity index (χ3v) is 7.59. The molecule has 0 saturated carbocycles. The second-order valence-corrected chi connectivity index (χ2v) is 9.33. The molecule has 1 aromatic rings. The van der Waals surface area contributed by atoms with Crippen LogP contribution in [0, 0.1) is 0 Å². The van der Waals surface area contributed by atoms with Gasteiger partial charge in [0, 0.05) is 63.2 Å². The Labute approximate surface area is 206 Å². The number of benzene rings is 1. The first-order valence-electron chi connectivity index (χ1n) is 10.9. The summed E-state index contributed by atoms with van der Waals surface area (Å²) >= 11 is 2.05. The molecule has 31 heavy (non-hydrogen) atoms. The van der Waals surface area contributed by atoms with Crippen molar-refractivity contribution in [3.05, 3.63) is 29.8 Å². The predicted molar refractivity (Wildman–Crippen MR) is 139 cm³/mol. The van der Waals surface area contributed by atoms with Crippen LogP contribution in [-0.2, 0) is 16.1 Å². The Hall–Kier alpha value is -1.04. The molecule has 3 saturated heterocycles. The summed E-state index contributed by atoms with van der Waals surface area (Å²) in [5.41, 5.74) is 2.36. The number of ether oxygens (including phenoxy) is 1. The van der Waals surface area contributed by atoms with Gasteiger partial charge in [-0.15, -0.1) is 24.0 Å². The molecule has 3 aliphatic heterocycles. The molecule has 7 nitrogen and oxygen atoms in total. The van der Waals surface area contributed by atoms with Crippen molar-refractivity contribution in [3.8, 4) is 0 Å². The van der Waals surface area contributed by atoms with Crippen molar-refractivity contribution in [2.45, 2.75) is 31.3 Å². The van der Waals surface area contributed by atoms with Crippen molar-refractivity contribution in [1.82, 2.24) is 15.5 Å². The van der Waals surface area contributed by atoms with Crippen LogP contribution in [0.4, 0.5) is 5.69 Å². The van der Waals surface area contributed by atoms with Gasteiger partial charge < -0.3 is 20.3 Å². The first-order chi connectivity index (χ1) is 14.7. The normalized spacial score (nSPS) is 24.9. The molecule has 0 aliphatic carbocycles. The summed E-state index contributed by atoms with van der Waals surface area (Å²) in [6.07, 6.45) is 2.82. The maximum absolute atomic E-state index is 11.9. The summed E-state index contributed by atoms with van der Waals surface area (Å²) in [4.78, 5) is 20.8. The number of carbonyl (C=O) groups is 1. The van der Waals surface area contributed by atoms with E-state index in [4.69, 9.17) is 4.74 Å². The Morgan fingerprint density at radius 3 is 2.58 bits per heavy atom. The van der Waals surface area contributed by atoms with Crippen LogP contribution < -0.4 is 15.5 Å². The standard InChI is InChI=1S/C22H33N5O2S.HI/c1-23-21(25-16-22(8-14-30-17-22)26-10-12-29-13-11-26)24-15-18-4-6-19(7-5-18)27-9-2-3-20(27)28;/h4-7H,2-3,8-17H2,1H3,(H2,23,24,25);1H. The van der Waals surface area contributed by atoms with Gasteiger partial charge in [0.05, 0.1) is 13.2 Å². The molecule has 0 bridgehead atoms. The Balaban J connectivity index is 0.00000272. The fraction of sp³-hybridized carbons (Fsp3) is 0.636. The van der Waals surface area contributed by atoms with Crippen LogP contribution in [0.25, 0.3) is 0 Å². The quantitative estimate of drug-likeness (QED) is 0.317. The highest BCUT2D eigenvalue weighted by atomic mass is 127. The molecule has 1 aromatic carbocycles. The lowest BCUT2D eigenvalue weighted by atomic mass is 9.95. The number of rotatable bonds is 6. The molecule has 9 heteroatoms. The molecular weight excluding hydrogens is 525 g/mol. The van der Waals surface area contributed by atoms with Gasteiger partial charge in [-0.3, -0.25) is 14.7 Å². The number of thioether (sulfide) groups is 1. The largest absolute Gasteiger partial charge is 0.379 e. The molecule has 3 fully saturated rings.